The molecule has 1 heterocycles. The highest BCUT2D eigenvalue weighted by Crippen LogP contribution is 2.32. The van der Waals surface area contributed by atoms with Gasteiger partial charge in [0.05, 0.1) is 15.5 Å². The molecule has 0 fully saturated rings. The smallest absolute Gasteiger partial charge is 0.265 e. The molecule has 7 heteroatoms. The Morgan fingerprint density at radius 3 is 2.29 bits per heavy atom. The lowest BCUT2D eigenvalue weighted by Gasteiger charge is -2.24. The van der Waals surface area contributed by atoms with Gasteiger partial charge in [-0.15, -0.1) is 11.3 Å². The van der Waals surface area contributed by atoms with Crippen molar-refractivity contribution in [2.75, 3.05) is 16.2 Å². The second kappa shape index (κ2) is 10.2. The first-order valence-corrected chi connectivity index (χ1v) is 14.0. The van der Waals surface area contributed by atoms with Crippen LogP contribution in [-0.2, 0) is 10.0 Å². The standard InChI is InChI=1S/C28H30N2O3S2/c1-5-16-30(35(32,33)25-13-6-20(4)7-14-25)24-12-15-26-22(17-24)18-27(34-26)28(31)29-23-10-8-21(9-11-23)19(2)3/h6-15,17-19H,5,16H2,1-4H3,(H,29,31). The fraction of sp³-hybridized carbons (Fsp3) is 0.250. The zero-order chi connectivity index (χ0) is 25.2. The van der Waals surface area contributed by atoms with Crippen LogP contribution < -0.4 is 9.62 Å². The van der Waals surface area contributed by atoms with E-state index >= 15 is 0 Å². The van der Waals surface area contributed by atoms with E-state index < -0.39 is 10.0 Å². The molecular formula is C28H30N2O3S2. The number of amides is 1. The van der Waals surface area contributed by atoms with Gasteiger partial charge in [0.1, 0.15) is 0 Å². The third-order valence-corrected chi connectivity index (χ3v) is 8.84. The lowest BCUT2D eigenvalue weighted by molar-refractivity contribution is 0.103. The zero-order valence-electron chi connectivity index (χ0n) is 20.4. The van der Waals surface area contributed by atoms with Crippen LogP contribution in [-0.4, -0.2) is 20.9 Å². The van der Waals surface area contributed by atoms with E-state index in [0.717, 1.165) is 21.3 Å². The maximum atomic E-state index is 13.4. The average molecular weight is 507 g/mol. The SMILES string of the molecule is CCCN(c1ccc2sc(C(=O)Nc3ccc(C(C)C)cc3)cc2c1)S(=O)(=O)c1ccc(C)cc1. The van der Waals surface area contributed by atoms with E-state index in [9.17, 15) is 13.2 Å². The third kappa shape index (κ3) is 5.41. The zero-order valence-corrected chi connectivity index (χ0v) is 22.0. The summed E-state index contributed by atoms with van der Waals surface area (Å²) in [5.41, 5.74) is 3.56. The number of carbonyl (C=O) groups is 1. The molecule has 0 saturated heterocycles. The summed E-state index contributed by atoms with van der Waals surface area (Å²) < 4.78 is 29.2. The Kier molecular flexibility index (Phi) is 7.28. The number of sulfonamides is 1. The van der Waals surface area contributed by atoms with Crippen molar-refractivity contribution in [1.29, 1.82) is 0 Å². The number of nitrogens with one attached hydrogen (secondary N) is 1. The van der Waals surface area contributed by atoms with Crippen molar-refractivity contribution >= 4 is 48.7 Å². The molecule has 1 aromatic heterocycles. The first-order valence-electron chi connectivity index (χ1n) is 11.7. The Bertz CT molecular complexity index is 1440. The van der Waals surface area contributed by atoms with Gasteiger partial charge in [0.2, 0.25) is 0 Å². The minimum absolute atomic E-state index is 0.178. The molecular weight excluding hydrogens is 476 g/mol. The monoisotopic (exact) mass is 506 g/mol. The van der Waals surface area contributed by atoms with Crippen LogP contribution in [0.25, 0.3) is 10.1 Å². The fourth-order valence-corrected chi connectivity index (χ4v) is 6.36. The number of benzene rings is 3. The lowest BCUT2D eigenvalue weighted by atomic mass is 10.0. The number of fused-ring (bicyclic) bond motifs is 1. The average Bonchev–Trinajstić information content (AvgIpc) is 3.27. The summed E-state index contributed by atoms with van der Waals surface area (Å²) in [7, 11) is -3.70. The van der Waals surface area contributed by atoms with E-state index in [-0.39, 0.29) is 10.8 Å². The first kappa shape index (κ1) is 24.9. The number of hydrogen-bond acceptors (Lipinski definition) is 4. The summed E-state index contributed by atoms with van der Waals surface area (Å²) >= 11 is 1.39. The van der Waals surface area contributed by atoms with Gasteiger partial charge in [-0.1, -0.05) is 50.6 Å². The highest BCUT2D eigenvalue weighted by atomic mass is 32.2. The van der Waals surface area contributed by atoms with Gasteiger partial charge in [0.25, 0.3) is 15.9 Å². The highest BCUT2D eigenvalue weighted by Gasteiger charge is 2.25. The molecule has 0 spiro atoms. The maximum absolute atomic E-state index is 13.4. The summed E-state index contributed by atoms with van der Waals surface area (Å²) in [5, 5.41) is 3.80. The van der Waals surface area contributed by atoms with Gasteiger partial charge in [-0.05, 0) is 78.7 Å². The van der Waals surface area contributed by atoms with Gasteiger partial charge in [-0.25, -0.2) is 8.42 Å². The number of anilines is 2. The van der Waals surface area contributed by atoms with Gasteiger partial charge in [0.15, 0.2) is 0 Å². The Hall–Kier alpha value is -3.16. The molecule has 0 bridgehead atoms. The molecule has 182 valence electrons. The second-order valence-corrected chi connectivity index (χ2v) is 11.9. The highest BCUT2D eigenvalue weighted by molar-refractivity contribution is 7.92. The van der Waals surface area contributed by atoms with Crippen molar-refractivity contribution in [2.24, 2.45) is 0 Å². The van der Waals surface area contributed by atoms with Crippen molar-refractivity contribution in [3.63, 3.8) is 0 Å². The number of hydrogen-bond donors (Lipinski definition) is 1. The predicted octanol–water partition coefficient (Wildman–Crippen LogP) is 7.19. The molecule has 0 aliphatic carbocycles. The minimum atomic E-state index is -3.70. The quantitative estimate of drug-likeness (QED) is 0.275. The van der Waals surface area contributed by atoms with Crippen molar-refractivity contribution in [3.05, 3.63) is 88.8 Å². The second-order valence-electron chi connectivity index (χ2n) is 8.95. The van der Waals surface area contributed by atoms with Crippen LogP contribution in [0.5, 0.6) is 0 Å². The van der Waals surface area contributed by atoms with Crippen LogP contribution in [0.15, 0.2) is 77.7 Å². The fourth-order valence-electron chi connectivity index (χ4n) is 3.87. The molecule has 4 rings (SSSR count). The summed E-state index contributed by atoms with van der Waals surface area (Å²) in [4.78, 5) is 13.7. The predicted molar refractivity (Wildman–Crippen MR) is 146 cm³/mol. The van der Waals surface area contributed by atoms with Crippen molar-refractivity contribution < 1.29 is 13.2 Å². The van der Waals surface area contributed by atoms with E-state index in [4.69, 9.17) is 0 Å². The minimum Gasteiger partial charge on any atom is -0.321 e. The van der Waals surface area contributed by atoms with E-state index in [1.54, 1.807) is 24.3 Å². The van der Waals surface area contributed by atoms with Gasteiger partial charge < -0.3 is 5.32 Å². The summed E-state index contributed by atoms with van der Waals surface area (Å²) in [6.45, 7) is 8.51. The van der Waals surface area contributed by atoms with Crippen LogP contribution in [0, 0.1) is 6.92 Å². The number of carbonyl (C=O) groups excluding carboxylic acids is 1. The Balaban J connectivity index is 1.61. The molecule has 0 atom stereocenters. The van der Waals surface area contributed by atoms with E-state index in [2.05, 4.69) is 19.2 Å². The number of nitrogens with zero attached hydrogens (tertiary/aromatic N) is 1. The molecule has 35 heavy (non-hydrogen) atoms. The molecule has 0 aliphatic rings. The van der Waals surface area contributed by atoms with Crippen LogP contribution in [0.4, 0.5) is 11.4 Å². The molecule has 5 nitrogen and oxygen atoms in total. The van der Waals surface area contributed by atoms with Crippen molar-refractivity contribution in [1.82, 2.24) is 0 Å². The number of thiophene rings is 1. The summed E-state index contributed by atoms with van der Waals surface area (Å²) in [6, 6.07) is 22.1. The Labute approximate surface area is 211 Å². The van der Waals surface area contributed by atoms with E-state index in [1.165, 1.54) is 21.2 Å². The van der Waals surface area contributed by atoms with Gasteiger partial charge >= 0.3 is 0 Å². The molecule has 0 aliphatic heterocycles. The normalized spacial score (nSPS) is 11.7. The van der Waals surface area contributed by atoms with Gasteiger partial charge in [0, 0.05) is 16.9 Å². The van der Waals surface area contributed by atoms with Crippen LogP contribution in [0.2, 0.25) is 0 Å². The molecule has 3 aromatic carbocycles. The first-order chi connectivity index (χ1) is 16.7. The molecule has 1 amide bonds. The summed E-state index contributed by atoms with van der Waals surface area (Å²) in [5.74, 6) is 0.251. The largest absolute Gasteiger partial charge is 0.321 e. The maximum Gasteiger partial charge on any atom is 0.265 e. The van der Waals surface area contributed by atoms with Gasteiger partial charge in [-0.3, -0.25) is 9.10 Å². The topological polar surface area (TPSA) is 66.5 Å². The molecule has 0 radical (unpaired) electrons. The van der Waals surface area contributed by atoms with Crippen LogP contribution >= 0.6 is 11.3 Å². The Morgan fingerprint density at radius 2 is 1.66 bits per heavy atom. The third-order valence-electron chi connectivity index (χ3n) is 5.88. The lowest BCUT2D eigenvalue weighted by Crippen LogP contribution is -2.31. The molecule has 4 aromatic rings. The van der Waals surface area contributed by atoms with Crippen molar-refractivity contribution in [2.45, 2.75) is 44.9 Å². The molecule has 1 N–H and O–H groups in total. The van der Waals surface area contributed by atoms with Crippen LogP contribution in [0.3, 0.4) is 0 Å². The molecule has 0 unspecified atom stereocenters. The number of aryl methyl sites for hydroxylation is 1. The summed E-state index contributed by atoms with van der Waals surface area (Å²) in [6.07, 6.45) is 0.677. The van der Waals surface area contributed by atoms with Crippen LogP contribution in [0.1, 0.15) is 53.9 Å². The van der Waals surface area contributed by atoms with E-state index in [1.807, 2.05) is 62.4 Å². The Morgan fingerprint density at radius 1 is 0.971 bits per heavy atom. The van der Waals surface area contributed by atoms with E-state index in [0.29, 0.717) is 29.4 Å². The van der Waals surface area contributed by atoms with Gasteiger partial charge in [-0.2, -0.15) is 0 Å². The molecule has 0 saturated carbocycles. The number of rotatable bonds is 8. The van der Waals surface area contributed by atoms with Crippen molar-refractivity contribution in [3.8, 4) is 0 Å².